The Kier molecular flexibility index (Phi) is 7.06. The molecular formula is C21H16F6N4O3S. The van der Waals surface area contributed by atoms with E-state index < -0.39 is 39.5 Å². The molecule has 3 rings (SSSR count). The lowest BCUT2D eigenvalue weighted by Crippen LogP contribution is -2.20. The van der Waals surface area contributed by atoms with Crippen LogP contribution in [0.25, 0.3) is 11.1 Å². The molecule has 0 aliphatic heterocycles. The van der Waals surface area contributed by atoms with Gasteiger partial charge in [0.25, 0.3) is 0 Å². The first-order valence-corrected chi connectivity index (χ1v) is 11.3. The van der Waals surface area contributed by atoms with Crippen molar-refractivity contribution >= 4 is 21.5 Å². The number of aromatic nitrogens is 2. The molecule has 0 bridgehead atoms. The standard InChI is InChI=1S/C21H16F6N4O3S/c1-2-35(32,33)16-9-13(12-3-6-15(7-4-12)34-21(25,26)27)10-30-18(16)19(28)31-17-8-5-14(11-29-17)20(22,23)24/h3-11H,2H2,1H3,(H2,28,29,31). The fraction of sp³-hybridized carbons (Fsp3) is 0.190. The third-order valence-corrected chi connectivity index (χ3v) is 6.28. The van der Waals surface area contributed by atoms with Gasteiger partial charge in [0.1, 0.15) is 11.4 Å². The van der Waals surface area contributed by atoms with Gasteiger partial charge in [-0.3, -0.25) is 4.98 Å². The zero-order chi connectivity index (χ0) is 26.0. The van der Waals surface area contributed by atoms with E-state index in [2.05, 4.69) is 19.7 Å². The van der Waals surface area contributed by atoms with E-state index in [-0.39, 0.29) is 27.7 Å². The molecule has 7 nitrogen and oxygen atoms in total. The maximum Gasteiger partial charge on any atom is 0.573 e. The minimum Gasteiger partial charge on any atom is -0.406 e. The monoisotopic (exact) mass is 518 g/mol. The number of nitrogens with two attached hydrogens (primary N) is 1. The van der Waals surface area contributed by atoms with Gasteiger partial charge in [-0.05, 0) is 35.9 Å². The Morgan fingerprint density at radius 1 is 0.971 bits per heavy atom. The molecule has 186 valence electrons. The molecule has 14 heteroatoms. The van der Waals surface area contributed by atoms with Crippen molar-refractivity contribution in [2.75, 3.05) is 5.75 Å². The van der Waals surface area contributed by atoms with Gasteiger partial charge in [0.15, 0.2) is 21.5 Å². The van der Waals surface area contributed by atoms with Gasteiger partial charge in [-0.1, -0.05) is 19.1 Å². The van der Waals surface area contributed by atoms with Gasteiger partial charge in [-0.15, -0.1) is 13.2 Å². The van der Waals surface area contributed by atoms with Crippen LogP contribution in [-0.2, 0) is 16.0 Å². The van der Waals surface area contributed by atoms with Crippen molar-refractivity contribution in [3.05, 3.63) is 66.1 Å². The van der Waals surface area contributed by atoms with Crippen LogP contribution in [0.3, 0.4) is 0 Å². The highest BCUT2D eigenvalue weighted by Crippen LogP contribution is 2.30. The van der Waals surface area contributed by atoms with Crippen molar-refractivity contribution in [1.29, 1.82) is 0 Å². The molecule has 0 amide bonds. The molecule has 35 heavy (non-hydrogen) atoms. The average Bonchev–Trinajstić information content (AvgIpc) is 2.78. The minimum absolute atomic E-state index is 0.207. The van der Waals surface area contributed by atoms with Gasteiger partial charge in [-0.2, -0.15) is 13.2 Å². The van der Waals surface area contributed by atoms with Crippen molar-refractivity contribution in [1.82, 2.24) is 9.97 Å². The summed E-state index contributed by atoms with van der Waals surface area (Å²) in [6.07, 6.45) is -7.69. The van der Waals surface area contributed by atoms with Crippen molar-refractivity contribution in [3.8, 4) is 16.9 Å². The zero-order valence-corrected chi connectivity index (χ0v) is 18.5. The van der Waals surface area contributed by atoms with E-state index in [0.29, 0.717) is 11.8 Å². The molecular weight excluding hydrogens is 502 g/mol. The van der Waals surface area contributed by atoms with Gasteiger partial charge < -0.3 is 10.5 Å². The first-order chi connectivity index (χ1) is 16.2. The van der Waals surface area contributed by atoms with Crippen LogP contribution in [0.5, 0.6) is 5.75 Å². The van der Waals surface area contributed by atoms with Gasteiger partial charge in [0, 0.05) is 18.0 Å². The van der Waals surface area contributed by atoms with E-state index in [1.54, 1.807) is 0 Å². The molecule has 3 aromatic rings. The fourth-order valence-electron chi connectivity index (χ4n) is 2.83. The first-order valence-electron chi connectivity index (χ1n) is 9.66. The number of sulfone groups is 1. The van der Waals surface area contributed by atoms with E-state index >= 15 is 0 Å². The van der Waals surface area contributed by atoms with E-state index in [1.165, 1.54) is 31.3 Å². The second kappa shape index (κ2) is 9.52. The SMILES string of the molecule is CCS(=O)(=O)c1cc(-c2ccc(OC(F)(F)F)cc2)cnc1C(N)=Nc1ccc(C(F)(F)F)cn1. The summed E-state index contributed by atoms with van der Waals surface area (Å²) in [6.45, 7) is 1.37. The van der Waals surface area contributed by atoms with E-state index in [0.717, 1.165) is 24.3 Å². The van der Waals surface area contributed by atoms with Crippen LogP contribution >= 0.6 is 0 Å². The lowest BCUT2D eigenvalue weighted by Gasteiger charge is -2.12. The number of rotatable bonds is 6. The third-order valence-electron chi connectivity index (χ3n) is 4.54. The molecule has 0 saturated carbocycles. The molecule has 0 aliphatic carbocycles. The molecule has 2 aromatic heterocycles. The van der Waals surface area contributed by atoms with E-state index in [1.807, 2.05) is 0 Å². The highest BCUT2D eigenvalue weighted by atomic mass is 32.2. The largest absolute Gasteiger partial charge is 0.573 e. The Morgan fingerprint density at radius 2 is 1.63 bits per heavy atom. The number of nitrogens with zero attached hydrogens (tertiary/aromatic N) is 3. The van der Waals surface area contributed by atoms with Crippen molar-refractivity contribution in [2.45, 2.75) is 24.4 Å². The number of hydrogen-bond acceptors (Lipinski definition) is 6. The quantitative estimate of drug-likeness (QED) is 0.283. The molecule has 1 aromatic carbocycles. The molecule has 0 radical (unpaired) electrons. The zero-order valence-electron chi connectivity index (χ0n) is 17.7. The molecule has 0 spiro atoms. The second-order valence-corrected chi connectivity index (χ2v) is 9.19. The summed E-state index contributed by atoms with van der Waals surface area (Å²) in [5.74, 6) is -1.42. The number of amidine groups is 1. The fourth-order valence-corrected chi connectivity index (χ4v) is 3.90. The minimum atomic E-state index is -4.87. The van der Waals surface area contributed by atoms with Crippen LogP contribution in [0.2, 0.25) is 0 Å². The number of alkyl halides is 6. The highest BCUT2D eigenvalue weighted by molar-refractivity contribution is 7.91. The van der Waals surface area contributed by atoms with E-state index in [9.17, 15) is 34.8 Å². The Bertz CT molecular complexity index is 1340. The summed E-state index contributed by atoms with van der Waals surface area (Å²) in [4.78, 5) is 11.2. The summed E-state index contributed by atoms with van der Waals surface area (Å²) >= 11 is 0. The topological polar surface area (TPSA) is 108 Å². The first kappa shape index (κ1) is 25.9. The predicted molar refractivity (Wildman–Crippen MR) is 114 cm³/mol. The Hall–Kier alpha value is -3.68. The van der Waals surface area contributed by atoms with Gasteiger partial charge >= 0.3 is 12.5 Å². The highest BCUT2D eigenvalue weighted by Gasteiger charge is 2.31. The maximum atomic E-state index is 12.7. The molecule has 0 saturated heterocycles. The van der Waals surface area contributed by atoms with Crippen LogP contribution < -0.4 is 10.5 Å². The number of pyridine rings is 2. The lowest BCUT2D eigenvalue weighted by atomic mass is 10.1. The molecule has 2 N–H and O–H groups in total. The Balaban J connectivity index is 2.01. The normalized spacial score (nSPS) is 13.1. The third kappa shape index (κ3) is 6.47. The van der Waals surface area contributed by atoms with Crippen LogP contribution in [-0.4, -0.2) is 36.3 Å². The number of halogens is 6. The summed E-state index contributed by atoms with van der Waals surface area (Å²) in [7, 11) is -3.92. The average molecular weight is 518 g/mol. The summed E-state index contributed by atoms with van der Waals surface area (Å²) in [5, 5.41) is 0. The van der Waals surface area contributed by atoms with Gasteiger partial charge in [0.2, 0.25) is 0 Å². The number of aliphatic imine (C=N–C) groups is 1. The second-order valence-electron chi connectivity index (χ2n) is 6.95. The maximum absolute atomic E-state index is 12.7. The van der Waals surface area contributed by atoms with Crippen molar-refractivity contribution in [2.24, 2.45) is 10.7 Å². The number of ether oxygens (including phenoxy) is 1. The van der Waals surface area contributed by atoms with Crippen molar-refractivity contribution in [3.63, 3.8) is 0 Å². The summed E-state index contributed by atoms with van der Waals surface area (Å²) in [6, 6.07) is 7.60. The Labute approximate surface area is 195 Å². The summed E-state index contributed by atoms with van der Waals surface area (Å²) < 4.78 is 104. The number of hydrogen-bond donors (Lipinski definition) is 1. The molecule has 0 fully saturated rings. The molecule has 0 unspecified atom stereocenters. The molecule has 2 heterocycles. The van der Waals surface area contributed by atoms with Crippen molar-refractivity contribution < 1.29 is 39.5 Å². The smallest absolute Gasteiger partial charge is 0.406 e. The van der Waals surface area contributed by atoms with Gasteiger partial charge in [0.05, 0.1) is 16.2 Å². The van der Waals surface area contributed by atoms with Crippen LogP contribution in [0.15, 0.2) is 64.7 Å². The molecule has 0 aliphatic rings. The van der Waals surface area contributed by atoms with E-state index in [4.69, 9.17) is 5.73 Å². The Morgan fingerprint density at radius 3 is 2.14 bits per heavy atom. The molecule has 0 atom stereocenters. The lowest BCUT2D eigenvalue weighted by molar-refractivity contribution is -0.274. The van der Waals surface area contributed by atoms with Gasteiger partial charge in [-0.25, -0.2) is 18.4 Å². The van der Waals surface area contributed by atoms with Crippen LogP contribution in [0, 0.1) is 0 Å². The summed E-state index contributed by atoms with van der Waals surface area (Å²) in [5.41, 5.74) is 5.24. The predicted octanol–water partition coefficient (Wildman–Crippen LogP) is 4.89. The van der Waals surface area contributed by atoms with Crippen LogP contribution in [0.4, 0.5) is 32.2 Å². The van der Waals surface area contributed by atoms with Crippen LogP contribution in [0.1, 0.15) is 18.2 Å². The number of benzene rings is 1.